The van der Waals surface area contributed by atoms with Crippen molar-refractivity contribution in [2.45, 2.75) is 0 Å². The number of urea groups is 1. The Hall–Kier alpha value is -2.43. The highest BCUT2D eigenvalue weighted by Crippen LogP contribution is 2.16. The van der Waals surface area contributed by atoms with Gasteiger partial charge in [-0.25, -0.2) is 13.6 Å². The van der Waals surface area contributed by atoms with Gasteiger partial charge in [0.15, 0.2) is 0 Å². The van der Waals surface area contributed by atoms with E-state index >= 15 is 0 Å². The molecule has 0 aliphatic rings. The first kappa shape index (κ1) is 13.0. The Morgan fingerprint density at radius 1 is 1.05 bits per heavy atom. The maximum absolute atomic E-state index is 13.3. The molecule has 2 aromatic rings. The molecule has 0 saturated heterocycles. The van der Waals surface area contributed by atoms with Crippen LogP contribution in [0.3, 0.4) is 0 Å². The molecule has 1 radical (unpaired) electrons. The van der Waals surface area contributed by atoms with Gasteiger partial charge in [-0.1, -0.05) is 12.1 Å². The highest BCUT2D eigenvalue weighted by Gasteiger charge is 2.08. The monoisotopic (exact) mass is 261 g/mol. The molecule has 0 bridgehead atoms. The van der Waals surface area contributed by atoms with Crippen LogP contribution in [0, 0.1) is 18.6 Å². The molecule has 5 heteroatoms. The van der Waals surface area contributed by atoms with E-state index in [0.717, 1.165) is 23.8 Å². The zero-order valence-corrected chi connectivity index (χ0v) is 9.91. The normalized spacial score (nSPS) is 10.1. The summed E-state index contributed by atoms with van der Waals surface area (Å²) < 4.78 is 26.2. The van der Waals surface area contributed by atoms with Crippen LogP contribution >= 0.6 is 0 Å². The molecule has 0 saturated carbocycles. The van der Waals surface area contributed by atoms with E-state index in [1.54, 1.807) is 24.3 Å². The summed E-state index contributed by atoms with van der Waals surface area (Å²) in [6.45, 7) is 3.72. The molecule has 0 aliphatic heterocycles. The lowest BCUT2D eigenvalue weighted by Crippen LogP contribution is -2.20. The molecule has 2 N–H and O–H groups in total. The minimum atomic E-state index is -0.706. The number of halogens is 2. The number of hydrogen-bond acceptors (Lipinski definition) is 1. The highest BCUT2D eigenvalue weighted by molar-refractivity contribution is 5.99. The maximum atomic E-state index is 13.3. The predicted molar refractivity (Wildman–Crippen MR) is 69.9 cm³/mol. The van der Waals surface area contributed by atoms with Gasteiger partial charge in [0.2, 0.25) is 0 Å². The van der Waals surface area contributed by atoms with E-state index < -0.39 is 17.7 Å². The Kier molecular flexibility index (Phi) is 3.75. The van der Waals surface area contributed by atoms with E-state index in [1.807, 2.05) is 0 Å². The Balaban J connectivity index is 2.07. The Morgan fingerprint density at radius 3 is 2.58 bits per heavy atom. The molecule has 0 heterocycles. The van der Waals surface area contributed by atoms with Gasteiger partial charge >= 0.3 is 6.03 Å². The van der Waals surface area contributed by atoms with Crippen molar-refractivity contribution < 1.29 is 13.6 Å². The van der Waals surface area contributed by atoms with Crippen molar-refractivity contribution >= 4 is 17.4 Å². The first-order chi connectivity index (χ1) is 9.04. The molecule has 0 unspecified atom stereocenters. The van der Waals surface area contributed by atoms with E-state index in [2.05, 4.69) is 17.6 Å². The SMILES string of the molecule is [CH2]c1cccc(NC(=O)Nc2cc(F)ccc2F)c1. The molecule has 0 fully saturated rings. The number of benzene rings is 2. The lowest BCUT2D eigenvalue weighted by atomic mass is 10.2. The molecule has 0 spiro atoms. The average molecular weight is 261 g/mol. The minimum absolute atomic E-state index is 0.219. The fraction of sp³-hybridized carbons (Fsp3) is 0. The van der Waals surface area contributed by atoms with Crippen LogP contribution in [0.25, 0.3) is 0 Å². The molecule has 97 valence electrons. The summed E-state index contributed by atoms with van der Waals surface area (Å²) in [5, 5.41) is 4.73. The average Bonchev–Trinajstić information content (AvgIpc) is 2.34. The molecule has 0 aromatic heterocycles. The smallest absolute Gasteiger partial charge is 0.308 e. The van der Waals surface area contributed by atoms with Crippen LogP contribution in [-0.4, -0.2) is 6.03 Å². The van der Waals surface area contributed by atoms with Crippen molar-refractivity contribution in [2.24, 2.45) is 0 Å². The van der Waals surface area contributed by atoms with Crippen LogP contribution < -0.4 is 10.6 Å². The van der Waals surface area contributed by atoms with Crippen molar-refractivity contribution in [3.63, 3.8) is 0 Å². The summed E-state index contributed by atoms with van der Waals surface area (Å²) in [6, 6.07) is 8.99. The third-order valence-electron chi connectivity index (χ3n) is 2.36. The third kappa shape index (κ3) is 3.51. The quantitative estimate of drug-likeness (QED) is 0.848. The zero-order valence-electron chi connectivity index (χ0n) is 9.91. The molecule has 2 amide bonds. The highest BCUT2D eigenvalue weighted by atomic mass is 19.1. The third-order valence-corrected chi connectivity index (χ3v) is 2.36. The van der Waals surface area contributed by atoms with Crippen molar-refractivity contribution in [1.29, 1.82) is 0 Å². The fourth-order valence-corrected chi connectivity index (χ4v) is 1.53. The fourth-order valence-electron chi connectivity index (χ4n) is 1.53. The molecular formula is C14H11F2N2O. The van der Waals surface area contributed by atoms with Crippen molar-refractivity contribution in [3.8, 4) is 0 Å². The van der Waals surface area contributed by atoms with Crippen LogP contribution in [-0.2, 0) is 0 Å². The van der Waals surface area contributed by atoms with Crippen LogP contribution in [0.2, 0.25) is 0 Å². The molecule has 2 aromatic carbocycles. The summed E-state index contributed by atoms with van der Waals surface area (Å²) in [5.41, 5.74) is 1.03. The standard InChI is InChI=1S/C14H11F2N2O/c1-9-3-2-4-11(7-9)17-14(19)18-13-8-10(15)5-6-12(13)16/h2-8H,1H2,(H2,17,18,19). The van der Waals surface area contributed by atoms with E-state index in [-0.39, 0.29) is 5.69 Å². The van der Waals surface area contributed by atoms with Crippen LogP contribution in [0.5, 0.6) is 0 Å². The Bertz CT molecular complexity index is 614. The maximum Gasteiger partial charge on any atom is 0.323 e. The molecule has 0 aliphatic carbocycles. The van der Waals surface area contributed by atoms with Crippen LogP contribution in [0.1, 0.15) is 5.56 Å². The van der Waals surface area contributed by atoms with Crippen LogP contribution in [0.15, 0.2) is 42.5 Å². The summed E-state index contributed by atoms with van der Waals surface area (Å²) in [7, 11) is 0. The van der Waals surface area contributed by atoms with Gasteiger partial charge in [-0.3, -0.25) is 0 Å². The molecule has 3 nitrogen and oxygen atoms in total. The van der Waals surface area contributed by atoms with Crippen molar-refractivity contribution in [1.82, 2.24) is 0 Å². The van der Waals surface area contributed by atoms with Crippen molar-refractivity contribution in [2.75, 3.05) is 10.6 Å². The molecule has 19 heavy (non-hydrogen) atoms. The number of anilines is 2. The summed E-state index contributed by atoms with van der Waals surface area (Å²) in [6.07, 6.45) is 0. The lowest BCUT2D eigenvalue weighted by molar-refractivity contribution is 0.262. The zero-order chi connectivity index (χ0) is 13.8. The molecular weight excluding hydrogens is 250 g/mol. The number of nitrogens with one attached hydrogen (secondary N) is 2. The first-order valence-electron chi connectivity index (χ1n) is 5.50. The van der Waals surface area contributed by atoms with E-state index in [4.69, 9.17) is 0 Å². The number of carbonyl (C=O) groups is 1. The van der Waals surface area contributed by atoms with Gasteiger partial charge in [0.05, 0.1) is 5.69 Å². The molecule has 0 atom stereocenters. The Labute approximate surface area is 109 Å². The van der Waals surface area contributed by atoms with E-state index in [9.17, 15) is 13.6 Å². The van der Waals surface area contributed by atoms with Crippen LogP contribution in [0.4, 0.5) is 25.0 Å². The van der Waals surface area contributed by atoms with Gasteiger partial charge in [0.1, 0.15) is 11.6 Å². The van der Waals surface area contributed by atoms with Crippen molar-refractivity contribution in [3.05, 3.63) is 66.6 Å². The first-order valence-corrected chi connectivity index (χ1v) is 5.50. The topological polar surface area (TPSA) is 41.1 Å². The second-order valence-electron chi connectivity index (χ2n) is 3.90. The largest absolute Gasteiger partial charge is 0.323 e. The van der Waals surface area contributed by atoms with Gasteiger partial charge in [-0.05, 0) is 36.8 Å². The minimum Gasteiger partial charge on any atom is -0.308 e. The molecule has 2 rings (SSSR count). The van der Waals surface area contributed by atoms with Gasteiger partial charge in [0.25, 0.3) is 0 Å². The van der Waals surface area contributed by atoms with E-state index in [0.29, 0.717) is 5.69 Å². The summed E-state index contributed by atoms with van der Waals surface area (Å²) >= 11 is 0. The number of carbonyl (C=O) groups excluding carboxylic acids is 1. The number of rotatable bonds is 2. The van der Waals surface area contributed by atoms with Gasteiger partial charge in [-0.15, -0.1) is 0 Å². The second-order valence-corrected chi connectivity index (χ2v) is 3.90. The van der Waals surface area contributed by atoms with E-state index in [1.165, 1.54) is 0 Å². The van der Waals surface area contributed by atoms with Gasteiger partial charge < -0.3 is 10.6 Å². The lowest BCUT2D eigenvalue weighted by Gasteiger charge is -2.09. The summed E-state index contributed by atoms with van der Waals surface area (Å²) in [5.74, 6) is -1.33. The number of hydrogen-bond donors (Lipinski definition) is 2. The second kappa shape index (κ2) is 5.48. The predicted octanol–water partition coefficient (Wildman–Crippen LogP) is 3.79. The Morgan fingerprint density at radius 2 is 1.84 bits per heavy atom. The summed E-state index contributed by atoms with van der Waals surface area (Å²) in [4.78, 5) is 11.6. The number of amides is 2. The van der Waals surface area contributed by atoms with Gasteiger partial charge in [-0.2, -0.15) is 0 Å². The van der Waals surface area contributed by atoms with Gasteiger partial charge in [0, 0.05) is 11.8 Å².